The first-order valence-corrected chi connectivity index (χ1v) is 7.47. The number of hydrogen-bond acceptors (Lipinski definition) is 2. The van der Waals surface area contributed by atoms with Crippen LogP contribution in [0.15, 0.2) is 22.7 Å². The van der Waals surface area contributed by atoms with Crippen molar-refractivity contribution in [3.05, 3.63) is 28.2 Å². The highest BCUT2D eigenvalue weighted by atomic mass is 79.9. The highest BCUT2D eigenvalue weighted by Gasteiger charge is 2.33. The van der Waals surface area contributed by atoms with Gasteiger partial charge in [-0.05, 0) is 31.0 Å². The molecule has 0 spiro atoms. The van der Waals surface area contributed by atoms with Gasteiger partial charge in [0.25, 0.3) is 0 Å². The zero-order chi connectivity index (χ0) is 16.0. The van der Waals surface area contributed by atoms with E-state index in [1.165, 1.54) is 12.1 Å². The molecule has 0 radical (unpaired) electrons. The summed E-state index contributed by atoms with van der Waals surface area (Å²) in [5, 5.41) is 5.31. The van der Waals surface area contributed by atoms with Gasteiger partial charge in [0.2, 0.25) is 5.91 Å². The van der Waals surface area contributed by atoms with Crippen molar-refractivity contribution in [2.45, 2.75) is 38.9 Å². The summed E-state index contributed by atoms with van der Waals surface area (Å²) >= 11 is 3.01. The van der Waals surface area contributed by atoms with Crippen molar-refractivity contribution in [1.82, 2.24) is 5.32 Å². The van der Waals surface area contributed by atoms with E-state index < -0.39 is 11.7 Å². The minimum Gasteiger partial charge on any atom is -0.376 e. The van der Waals surface area contributed by atoms with Gasteiger partial charge < -0.3 is 10.6 Å². The van der Waals surface area contributed by atoms with E-state index >= 15 is 0 Å². The lowest BCUT2D eigenvalue weighted by molar-refractivity contribution is -0.137. The van der Waals surface area contributed by atoms with Crippen molar-refractivity contribution in [3.63, 3.8) is 0 Å². The fourth-order valence-electron chi connectivity index (χ4n) is 1.85. The largest absolute Gasteiger partial charge is 0.418 e. The number of rotatable bonds is 6. The molecule has 0 aromatic heterocycles. The topological polar surface area (TPSA) is 41.1 Å². The summed E-state index contributed by atoms with van der Waals surface area (Å²) in [4.78, 5) is 11.7. The number of amides is 1. The molecule has 3 nitrogen and oxygen atoms in total. The number of carbonyl (C=O) groups excluding carboxylic acids is 1. The molecule has 2 N–H and O–H groups in total. The van der Waals surface area contributed by atoms with Gasteiger partial charge >= 0.3 is 6.18 Å². The van der Waals surface area contributed by atoms with Crippen molar-refractivity contribution in [3.8, 4) is 0 Å². The Morgan fingerprint density at radius 1 is 1.29 bits per heavy atom. The number of nitrogens with one attached hydrogen (secondary N) is 2. The van der Waals surface area contributed by atoms with Crippen LogP contribution in [0.4, 0.5) is 18.9 Å². The van der Waals surface area contributed by atoms with Crippen molar-refractivity contribution < 1.29 is 18.0 Å². The molecule has 7 heteroatoms. The maximum absolute atomic E-state index is 12.9. The van der Waals surface area contributed by atoms with E-state index in [-0.39, 0.29) is 24.2 Å². The minimum atomic E-state index is -4.47. The molecule has 1 aromatic rings. The fourth-order valence-corrected chi connectivity index (χ4v) is 2.21. The van der Waals surface area contributed by atoms with Gasteiger partial charge in [-0.1, -0.05) is 29.8 Å². The SMILES string of the molecule is CCC(CC)NC(=O)CNc1ccc(Br)cc1C(F)(F)F. The van der Waals surface area contributed by atoms with E-state index in [1.54, 1.807) is 0 Å². The lowest BCUT2D eigenvalue weighted by Gasteiger charge is -2.17. The molecule has 0 fully saturated rings. The lowest BCUT2D eigenvalue weighted by atomic mass is 10.1. The molecule has 21 heavy (non-hydrogen) atoms. The number of alkyl halides is 3. The molecule has 1 aromatic carbocycles. The predicted octanol–water partition coefficient (Wildman–Crippen LogP) is 4.18. The molecule has 0 saturated carbocycles. The van der Waals surface area contributed by atoms with Crippen LogP contribution in [0.2, 0.25) is 0 Å². The van der Waals surface area contributed by atoms with Gasteiger partial charge in [-0.2, -0.15) is 13.2 Å². The lowest BCUT2D eigenvalue weighted by Crippen LogP contribution is -2.37. The van der Waals surface area contributed by atoms with E-state index in [2.05, 4.69) is 26.6 Å². The van der Waals surface area contributed by atoms with Crippen LogP contribution in [0.3, 0.4) is 0 Å². The second-order valence-corrected chi connectivity index (χ2v) is 5.54. The van der Waals surface area contributed by atoms with E-state index in [0.29, 0.717) is 4.47 Å². The summed E-state index contributed by atoms with van der Waals surface area (Å²) in [6, 6.07) is 3.83. The minimum absolute atomic E-state index is 0.0475. The molecule has 0 saturated heterocycles. The van der Waals surface area contributed by atoms with Gasteiger partial charge in [-0.15, -0.1) is 0 Å². The van der Waals surface area contributed by atoms with Crippen LogP contribution in [-0.4, -0.2) is 18.5 Å². The Balaban J connectivity index is 2.74. The number of benzene rings is 1. The first-order chi connectivity index (χ1) is 9.77. The van der Waals surface area contributed by atoms with Gasteiger partial charge in [0.15, 0.2) is 0 Å². The third kappa shape index (κ3) is 5.57. The standard InChI is InChI=1S/C14H18BrF3N2O/c1-3-10(4-2)20-13(21)8-19-12-6-5-9(15)7-11(12)14(16,17)18/h5-7,10,19H,3-4,8H2,1-2H3,(H,20,21). The first-order valence-electron chi connectivity index (χ1n) is 6.67. The molecule has 118 valence electrons. The summed E-state index contributed by atoms with van der Waals surface area (Å²) in [6.07, 6.45) is -2.90. The average molecular weight is 367 g/mol. The van der Waals surface area contributed by atoms with Crippen LogP contribution in [-0.2, 0) is 11.0 Å². The quantitative estimate of drug-likeness (QED) is 0.792. The second-order valence-electron chi connectivity index (χ2n) is 4.62. The molecular formula is C14H18BrF3N2O. The molecule has 1 amide bonds. The van der Waals surface area contributed by atoms with Crippen molar-refractivity contribution in [1.29, 1.82) is 0 Å². The number of carbonyl (C=O) groups is 1. The van der Waals surface area contributed by atoms with Gasteiger partial charge in [0, 0.05) is 16.2 Å². The number of halogens is 4. The van der Waals surface area contributed by atoms with Crippen LogP contribution in [0.1, 0.15) is 32.3 Å². The maximum Gasteiger partial charge on any atom is 0.418 e. The van der Waals surface area contributed by atoms with Crippen molar-refractivity contribution >= 4 is 27.5 Å². The van der Waals surface area contributed by atoms with E-state index in [9.17, 15) is 18.0 Å². The summed E-state index contributed by atoms with van der Waals surface area (Å²) in [7, 11) is 0. The third-order valence-electron chi connectivity index (χ3n) is 3.08. The van der Waals surface area contributed by atoms with Gasteiger partial charge in [0.05, 0.1) is 12.1 Å². The van der Waals surface area contributed by atoms with E-state index in [0.717, 1.165) is 18.9 Å². The van der Waals surface area contributed by atoms with Crippen molar-refractivity contribution in [2.24, 2.45) is 0 Å². The molecule has 0 unspecified atom stereocenters. The summed E-state index contributed by atoms with van der Waals surface area (Å²) < 4.78 is 39.1. The molecule has 0 heterocycles. The highest BCUT2D eigenvalue weighted by Crippen LogP contribution is 2.36. The maximum atomic E-state index is 12.9. The van der Waals surface area contributed by atoms with Crippen LogP contribution >= 0.6 is 15.9 Å². The summed E-state index contributed by atoms with van der Waals surface area (Å²) in [5.41, 5.74) is -0.905. The highest BCUT2D eigenvalue weighted by molar-refractivity contribution is 9.10. The van der Waals surface area contributed by atoms with Crippen molar-refractivity contribution in [2.75, 3.05) is 11.9 Å². The Kier molecular flexibility index (Phi) is 6.51. The number of hydrogen-bond donors (Lipinski definition) is 2. The molecule has 0 aliphatic rings. The normalized spacial score (nSPS) is 11.6. The van der Waals surface area contributed by atoms with Crippen LogP contribution in [0.5, 0.6) is 0 Å². The zero-order valence-corrected chi connectivity index (χ0v) is 13.4. The third-order valence-corrected chi connectivity index (χ3v) is 3.57. The molecule has 0 aliphatic heterocycles. The Morgan fingerprint density at radius 3 is 2.43 bits per heavy atom. The second kappa shape index (κ2) is 7.68. The summed E-state index contributed by atoms with van der Waals surface area (Å²) in [6.45, 7) is 3.69. The van der Waals surface area contributed by atoms with Gasteiger partial charge in [-0.3, -0.25) is 4.79 Å². The zero-order valence-electron chi connectivity index (χ0n) is 11.9. The van der Waals surface area contributed by atoms with Crippen LogP contribution in [0.25, 0.3) is 0 Å². The molecule has 0 aliphatic carbocycles. The smallest absolute Gasteiger partial charge is 0.376 e. The Labute approximate surface area is 130 Å². The Bertz CT molecular complexity index is 488. The van der Waals surface area contributed by atoms with E-state index in [1.807, 2.05) is 13.8 Å². The van der Waals surface area contributed by atoms with Crippen LogP contribution in [0, 0.1) is 0 Å². The monoisotopic (exact) mass is 366 g/mol. The van der Waals surface area contributed by atoms with Gasteiger partial charge in [0.1, 0.15) is 0 Å². The molecular weight excluding hydrogens is 349 g/mol. The Hall–Kier alpha value is -1.24. The molecule has 1 rings (SSSR count). The Morgan fingerprint density at radius 2 is 1.90 bits per heavy atom. The van der Waals surface area contributed by atoms with Crippen LogP contribution < -0.4 is 10.6 Å². The molecule has 0 bridgehead atoms. The summed E-state index contributed by atoms with van der Waals surface area (Å²) in [5.74, 6) is -0.320. The molecule has 0 atom stereocenters. The first kappa shape index (κ1) is 17.8. The van der Waals surface area contributed by atoms with Gasteiger partial charge in [-0.25, -0.2) is 0 Å². The average Bonchev–Trinajstić information content (AvgIpc) is 2.42. The number of anilines is 1. The predicted molar refractivity (Wildman–Crippen MR) is 80.1 cm³/mol. The van der Waals surface area contributed by atoms with E-state index in [4.69, 9.17) is 0 Å². The fraction of sp³-hybridized carbons (Fsp3) is 0.500.